The lowest BCUT2D eigenvalue weighted by molar-refractivity contribution is -0.138. The molecule has 1 saturated heterocycles. The number of benzene rings is 1. The van der Waals surface area contributed by atoms with Gasteiger partial charge >= 0.3 is 6.18 Å². The van der Waals surface area contributed by atoms with Gasteiger partial charge in [-0.1, -0.05) is 18.2 Å². The molecule has 0 aromatic heterocycles. The number of alkyl halides is 3. The number of amides is 1. The fourth-order valence-corrected chi connectivity index (χ4v) is 2.55. The van der Waals surface area contributed by atoms with Crippen LogP contribution in [0.3, 0.4) is 0 Å². The van der Waals surface area contributed by atoms with Gasteiger partial charge in [-0.05, 0) is 37.6 Å². The van der Waals surface area contributed by atoms with E-state index in [1.807, 2.05) is 4.90 Å². The minimum Gasteiger partial charge on any atom is -0.369 e. The second-order valence-corrected chi connectivity index (χ2v) is 5.11. The number of rotatable bonds is 3. The molecule has 0 spiro atoms. The number of nitrogens with zero attached hydrogens (tertiary/aromatic N) is 1. The second-order valence-electron chi connectivity index (χ2n) is 5.11. The Bertz CT molecular complexity index is 480. The summed E-state index contributed by atoms with van der Waals surface area (Å²) in [6.45, 7) is 1.45. The highest BCUT2D eigenvalue weighted by molar-refractivity contribution is 5.76. The van der Waals surface area contributed by atoms with E-state index in [2.05, 4.69) is 0 Å². The number of carbonyl (C=O) groups is 1. The maximum Gasteiger partial charge on any atom is 0.416 e. The van der Waals surface area contributed by atoms with Crippen LogP contribution in [0.5, 0.6) is 0 Å². The number of halogens is 3. The van der Waals surface area contributed by atoms with Gasteiger partial charge in [-0.3, -0.25) is 9.69 Å². The molecule has 0 saturated carbocycles. The minimum atomic E-state index is -4.33. The van der Waals surface area contributed by atoms with Crippen molar-refractivity contribution in [1.29, 1.82) is 0 Å². The SMILES string of the molecule is NC(=O)C1CCN(Cc2ccccc2C(F)(F)F)CC1. The zero-order valence-electron chi connectivity index (χ0n) is 11.0. The Morgan fingerprint density at radius 2 is 1.85 bits per heavy atom. The molecule has 3 nitrogen and oxygen atoms in total. The van der Waals surface area contributed by atoms with Crippen LogP contribution in [0.25, 0.3) is 0 Å². The van der Waals surface area contributed by atoms with Gasteiger partial charge in [0.15, 0.2) is 0 Å². The number of hydrogen-bond donors (Lipinski definition) is 1. The first kappa shape index (κ1) is 14.8. The zero-order valence-corrected chi connectivity index (χ0v) is 11.0. The van der Waals surface area contributed by atoms with E-state index in [0.717, 1.165) is 6.07 Å². The smallest absolute Gasteiger partial charge is 0.369 e. The molecule has 0 unspecified atom stereocenters. The van der Waals surface area contributed by atoms with Crippen LogP contribution < -0.4 is 5.73 Å². The van der Waals surface area contributed by atoms with E-state index in [9.17, 15) is 18.0 Å². The zero-order chi connectivity index (χ0) is 14.8. The quantitative estimate of drug-likeness (QED) is 0.927. The van der Waals surface area contributed by atoms with Crippen molar-refractivity contribution in [3.05, 3.63) is 35.4 Å². The van der Waals surface area contributed by atoms with Gasteiger partial charge in [-0.25, -0.2) is 0 Å². The lowest BCUT2D eigenvalue weighted by Crippen LogP contribution is -2.38. The van der Waals surface area contributed by atoms with Crippen molar-refractivity contribution < 1.29 is 18.0 Å². The van der Waals surface area contributed by atoms with Crippen molar-refractivity contribution in [2.75, 3.05) is 13.1 Å². The molecule has 1 aliphatic rings. The van der Waals surface area contributed by atoms with E-state index >= 15 is 0 Å². The maximum atomic E-state index is 12.9. The molecular formula is C14H17F3N2O. The van der Waals surface area contributed by atoms with Gasteiger partial charge < -0.3 is 5.73 Å². The fraction of sp³-hybridized carbons (Fsp3) is 0.500. The Morgan fingerprint density at radius 3 is 2.40 bits per heavy atom. The topological polar surface area (TPSA) is 46.3 Å². The summed E-state index contributed by atoms with van der Waals surface area (Å²) in [5.74, 6) is -0.468. The highest BCUT2D eigenvalue weighted by atomic mass is 19.4. The van der Waals surface area contributed by atoms with Crippen molar-refractivity contribution >= 4 is 5.91 Å². The molecule has 20 heavy (non-hydrogen) atoms. The number of carbonyl (C=O) groups excluding carboxylic acids is 1. The first-order valence-corrected chi connectivity index (χ1v) is 6.54. The molecule has 0 bridgehead atoms. The first-order chi connectivity index (χ1) is 9.38. The third-order valence-electron chi connectivity index (χ3n) is 3.71. The van der Waals surface area contributed by atoms with Crippen molar-refractivity contribution in [3.63, 3.8) is 0 Å². The van der Waals surface area contributed by atoms with E-state index in [-0.39, 0.29) is 23.9 Å². The summed E-state index contributed by atoms with van der Waals surface area (Å²) in [5.41, 5.74) is 4.93. The van der Waals surface area contributed by atoms with Crippen LogP contribution in [0.4, 0.5) is 13.2 Å². The molecule has 0 atom stereocenters. The number of likely N-dealkylation sites (tertiary alicyclic amines) is 1. The molecular weight excluding hydrogens is 269 g/mol. The van der Waals surface area contributed by atoms with E-state index in [0.29, 0.717) is 25.9 Å². The van der Waals surface area contributed by atoms with Crippen molar-refractivity contribution in [2.24, 2.45) is 11.7 Å². The van der Waals surface area contributed by atoms with Gasteiger partial charge in [0.1, 0.15) is 0 Å². The third-order valence-corrected chi connectivity index (χ3v) is 3.71. The molecule has 2 N–H and O–H groups in total. The normalized spacial score (nSPS) is 18.1. The standard InChI is InChI=1S/C14H17F3N2O/c15-14(16,17)12-4-2-1-3-11(12)9-19-7-5-10(6-8-19)13(18)20/h1-4,10H,5-9H2,(H2,18,20). The van der Waals surface area contributed by atoms with Crippen molar-refractivity contribution in [1.82, 2.24) is 4.90 Å². The first-order valence-electron chi connectivity index (χ1n) is 6.54. The second kappa shape index (κ2) is 5.83. The van der Waals surface area contributed by atoms with Crippen LogP contribution in [-0.2, 0) is 17.5 Å². The van der Waals surface area contributed by atoms with E-state index < -0.39 is 11.7 Å². The van der Waals surface area contributed by atoms with Gasteiger partial charge in [0, 0.05) is 12.5 Å². The Hall–Kier alpha value is -1.56. The molecule has 1 fully saturated rings. The average Bonchev–Trinajstić information content (AvgIpc) is 2.38. The predicted octanol–water partition coefficient (Wildman–Crippen LogP) is 2.40. The van der Waals surface area contributed by atoms with Crippen LogP contribution >= 0.6 is 0 Å². The number of hydrogen-bond acceptors (Lipinski definition) is 2. The number of primary amides is 1. The van der Waals surface area contributed by atoms with Gasteiger partial charge in [-0.2, -0.15) is 13.2 Å². The summed E-state index contributed by atoms with van der Waals surface area (Å²) >= 11 is 0. The summed E-state index contributed by atoms with van der Waals surface area (Å²) in [6.07, 6.45) is -3.10. The Balaban J connectivity index is 2.03. The molecule has 1 amide bonds. The van der Waals surface area contributed by atoms with Crippen LogP contribution in [-0.4, -0.2) is 23.9 Å². The minimum absolute atomic E-state index is 0.149. The third kappa shape index (κ3) is 3.50. The summed E-state index contributed by atoms with van der Waals surface area (Å²) in [7, 11) is 0. The van der Waals surface area contributed by atoms with Crippen LogP contribution in [0.1, 0.15) is 24.0 Å². The Kier molecular flexibility index (Phi) is 4.32. The maximum absolute atomic E-state index is 12.9. The number of piperidine rings is 1. The summed E-state index contributed by atoms with van der Waals surface area (Å²) in [4.78, 5) is 13.0. The molecule has 110 valence electrons. The molecule has 1 heterocycles. The average molecular weight is 286 g/mol. The fourth-order valence-electron chi connectivity index (χ4n) is 2.55. The largest absolute Gasteiger partial charge is 0.416 e. The Labute approximate surface area is 115 Å². The van der Waals surface area contributed by atoms with Crippen LogP contribution in [0.15, 0.2) is 24.3 Å². The van der Waals surface area contributed by atoms with E-state index in [1.54, 1.807) is 6.07 Å². The van der Waals surface area contributed by atoms with Gasteiger partial charge in [-0.15, -0.1) is 0 Å². The predicted molar refractivity (Wildman–Crippen MR) is 68.6 cm³/mol. The highest BCUT2D eigenvalue weighted by Gasteiger charge is 2.33. The van der Waals surface area contributed by atoms with Gasteiger partial charge in [0.05, 0.1) is 5.56 Å². The molecule has 1 aromatic carbocycles. The highest BCUT2D eigenvalue weighted by Crippen LogP contribution is 2.32. The van der Waals surface area contributed by atoms with Crippen LogP contribution in [0, 0.1) is 5.92 Å². The number of nitrogens with two attached hydrogens (primary N) is 1. The van der Waals surface area contributed by atoms with E-state index in [1.165, 1.54) is 12.1 Å². The van der Waals surface area contributed by atoms with Gasteiger partial charge in [0.25, 0.3) is 0 Å². The molecule has 0 radical (unpaired) electrons. The Morgan fingerprint density at radius 1 is 1.25 bits per heavy atom. The molecule has 6 heteroatoms. The van der Waals surface area contributed by atoms with E-state index in [4.69, 9.17) is 5.73 Å². The monoisotopic (exact) mass is 286 g/mol. The van der Waals surface area contributed by atoms with Crippen LogP contribution in [0.2, 0.25) is 0 Å². The molecule has 2 rings (SSSR count). The van der Waals surface area contributed by atoms with Crippen molar-refractivity contribution in [3.8, 4) is 0 Å². The van der Waals surface area contributed by atoms with Crippen molar-refractivity contribution in [2.45, 2.75) is 25.6 Å². The van der Waals surface area contributed by atoms with Gasteiger partial charge in [0.2, 0.25) is 5.91 Å². The summed E-state index contributed by atoms with van der Waals surface area (Å²) in [6, 6.07) is 5.61. The summed E-state index contributed by atoms with van der Waals surface area (Å²) < 4.78 is 38.7. The summed E-state index contributed by atoms with van der Waals surface area (Å²) in [5, 5.41) is 0. The lowest BCUT2D eigenvalue weighted by atomic mass is 9.95. The molecule has 0 aliphatic carbocycles. The molecule has 1 aliphatic heterocycles. The lowest BCUT2D eigenvalue weighted by Gasteiger charge is -2.31. The molecule has 1 aromatic rings.